The average Bonchev–Trinajstić information content (AvgIpc) is 2.54. The Morgan fingerprint density at radius 2 is 1.72 bits per heavy atom. The lowest BCUT2D eigenvalue weighted by molar-refractivity contribution is -0.117. The van der Waals surface area contributed by atoms with Gasteiger partial charge in [0, 0.05) is 11.3 Å². The van der Waals surface area contributed by atoms with Crippen LogP contribution in [0.25, 0.3) is 0 Å². The third-order valence-corrected chi connectivity index (χ3v) is 4.40. The topological polar surface area (TPSA) is 118 Å². The number of nitrogens with one attached hydrogen (secondary N) is 2. The molecule has 0 aliphatic heterocycles. The first-order valence-corrected chi connectivity index (χ1v) is 9.03. The molecule has 1 atom stereocenters. The molecule has 0 aromatic heterocycles. The summed E-state index contributed by atoms with van der Waals surface area (Å²) in [6.45, 7) is 3.43. The van der Waals surface area contributed by atoms with Gasteiger partial charge in [-0.15, -0.1) is 0 Å². The highest BCUT2D eigenvalue weighted by Gasteiger charge is 2.17. The molecule has 0 fully saturated rings. The smallest absolute Gasteiger partial charge is 0.251 e. The van der Waals surface area contributed by atoms with Crippen molar-refractivity contribution in [2.45, 2.75) is 24.8 Å². The number of carbonyl (C=O) groups is 2. The Hall–Kier alpha value is -2.71. The van der Waals surface area contributed by atoms with Crippen molar-refractivity contribution >= 4 is 27.5 Å². The minimum Gasteiger partial charge on any atom is -0.341 e. The van der Waals surface area contributed by atoms with Crippen LogP contribution in [-0.4, -0.2) is 26.3 Å². The van der Waals surface area contributed by atoms with E-state index in [9.17, 15) is 18.0 Å². The molecular weight excluding hydrogens is 342 g/mol. The van der Waals surface area contributed by atoms with Crippen LogP contribution in [0, 0.1) is 6.92 Å². The van der Waals surface area contributed by atoms with Gasteiger partial charge in [0.1, 0.15) is 6.04 Å². The first-order valence-electron chi connectivity index (χ1n) is 7.48. The molecule has 0 aliphatic carbocycles. The van der Waals surface area contributed by atoms with Crippen LogP contribution >= 0.6 is 0 Å². The summed E-state index contributed by atoms with van der Waals surface area (Å²) in [5.74, 6) is -0.778. The van der Waals surface area contributed by atoms with Crippen LogP contribution in [0.15, 0.2) is 53.4 Å². The Morgan fingerprint density at radius 1 is 1.08 bits per heavy atom. The Labute approximate surface area is 146 Å². The predicted molar refractivity (Wildman–Crippen MR) is 94.6 cm³/mol. The molecule has 0 radical (unpaired) electrons. The number of sulfonamides is 1. The van der Waals surface area contributed by atoms with Gasteiger partial charge in [0.25, 0.3) is 5.91 Å². The molecule has 8 heteroatoms. The van der Waals surface area contributed by atoms with Crippen molar-refractivity contribution in [3.8, 4) is 0 Å². The number of carbonyl (C=O) groups excluding carboxylic acids is 2. The van der Waals surface area contributed by atoms with Gasteiger partial charge in [-0.25, -0.2) is 13.6 Å². The van der Waals surface area contributed by atoms with Gasteiger partial charge in [0.05, 0.1) is 4.90 Å². The van der Waals surface area contributed by atoms with E-state index in [1.165, 1.54) is 24.3 Å². The zero-order valence-corrected chi connectivity index (χ0v) is 14.6. The fourth-order valence-electron chi connectivity index (χ4n) is 2.11. The van der Waals surface area contributed by atoms with E-state index in [-0.39, 0.29) is 10.8 Å². The number of rotatable bonds is 5. The molecule has 0 heterocycles. The Bertz CT molecular complexity index is 892. The van der Waals surface area contributed by atoms with Crippen LogP contribution in [0.4, 0.5) is 5.69 Å². The maximum atomic E-state index is 12.2. The van der Waals surface area contributed by atoms with Gasteiger partial charge < -0.3 is 10.6 Å². The predicted octanol–water partition coefficient (Wildman–Crippen LogP) is 1.40. The highest BCUT2D eigenvalue weighted by atomic mass is 32.2. The second kappa shape index (κ2) is 7.45. The summed E-state index contributed by atoms with van der Waals surface area (Å²) in [6.07, 6.45) is 0. The summed E-state index contributed by atoms with van der Waals surface area (Å²) in [4.78, 5) is 24.3. The van der Waals surface area contributed by atoms with Crippen molar-refractivity contribution in [3.63, 3.8) is 0 Å². The summed E-state index contributed by atoms with van der Waals surface area (Å²) >= 11 is 0. The number of hydrogen-bond acceptors (Lipinski definition) is 4. The normalized spacial score (nSPS) is 12.3. The van der Waals surface area contributed by atoms with Crippen molar-refractivity contribution in [3.05, 3.63) is 59.7 Å². The first kappa shape index (κ1) is 18.6. The van der Waals surface area contributed by atoms with Gasteiger partial charge in [-0.05, 0) is 50.2 Å². The fourth-order valence-corrected chi connectivity index (χ4v) is 2.63. The van der Waals surface area contributed by atoms with Crippen LogP contribution < -0.4 is 15.8 Å². The van der Waals surface area contributed by atoms with E-state index in [0.717, 1.165) is 5.56 Å². The molecule has 132 valence electrons. The second-order valence-electron chi connectivity index (χ2n) is 5.62. The van der Waals surface area contributed by atoms with Gasteiger partial charge in [-0.2, -0.15) is 0 Å². The number of benzene rings is 2. The highest BCUT2D eigenvalue weighted by molar-refractivity contribution is 7.89. The number of aryl methyl sites for hydroxylation is 1. The van der Waals surface area contributed by atoms with E-state index in [1.54, 1.807) is 25.1 Å². The van der Waals surface area contributed by atoms with Crippen LogP contribution in [0.5, 0.6) is 0 Å². The Kier molecular flexibility index (Phi) is 5.55. The SMILES string of the molecule is Cc1cccc(C(=O)N[C@@H](C)C(=O)Nc2ccc(S(N)(=O)=O)cc2)c1. The lowest BCUT2D eigenvalue weighted by Gasteiger charge is -2.14. The number of hydrogen-bond donors (Lipinski definition) is 3. The third kappa shape index (κ3) is 5.13. The second-order valence-corrected chi connectivity index (χ2v) is 7.18. The molecule has 0 bridgehead atoms. The van der Waals surface area contributed by atoms with Crippen molar-refractivity contribution in [1.82, 2.24) is 5.32 Å². The van der Waals surface area contributed by atoms with Gasteiger partial charge in [-0.1, -0.05) is 17.7 Å². The van der Waals surface area contributed by atoms with Gasteiger partial charge in [-0.3, -0.25) is 9.59 Å². The van der Waals surface area contributed by atoms with E-state index in [2.05, 4.69) is 10.6 Å². The lowest BCUT2D eigenvalue weighted by atomic mass is 10.1. The zero-order valence-electron chi connectivity index (χ0n) is 13.8. The summed E-state index contributed by atoms with van der Waals surface area (Å²) in [6, 6.07) is 11.7. The van der Waals surface area contributed by atoms with Crippen LogP contribution in [0.1, 0.15) is 22.8 Å². The third-order valence-electron chi connectivity index (χ3n) is 3.47. The number of anilines is 1. The first-order chi connectivity index (χ1) is 11.7. The molecule has 2 rings (SSSR count). The molecule has 0 unspecified atom stereocenters. The molecule has 2 amide bonds. The van der Waals surface area contributed by atoms with E-state index >= 15 is 0 Å². The lowest BCUT2D eigenvalue weighted by Crippen LogP contribution is -2.41. The number of amides is 2. The van der Waals surface area contributed by atoms with Gasteiger partial charge in [0.15, 0.2) is 0 Å². The molecule has 2 aromatic rings. The monoisotopic (exact) mass is 361 g/mol. The maximum Gasteiger partial charge on any atom is 0.251 e. The largest absolute Gasteiger partial charge is 0.341 e. The molecule has 4 N–H and O–H groups in total. The Morgan fingerprint density at radius 3 is 2.28 bits per heavy atom. The maximum absolute atomic E-state index is 12.2. The van der Waals surface area contributed by atoms with Gasteiger partial charge >= 0.3 is 0 Å². The van der Waals surface area contributed by atoms with Gasteiger partial charge in [0.2, 0.25) is 15.9 Å². The number of nitrogens with two attached hydrogens (primary N) is 1. The molecule has 7 nitrogen and oxygen atoms in total. The van der Waals surface area contributed by atoms with Crippen molar-refractivity contribution in [2.75, 3.05) is 5.32 Å². The minimum absolute atomic E-state index is 0.0497. The minimum atomic E-state index is -3.78. The van der Waals surface area contributed by atoms with Crippen LogP contribution in [0.2, 0.25) is 0 Å². The summed E-state index contributed by atoms with van der Waals surface area (Å²) in [7, 11) is -3.78. The quantitative estimate of drug-likeness (QED) is 0.746. The highest BCUT2D eigenvalue weighted by Crippen LogP contribution is 2.13. The molecular formula is C17H19N3O4S. The van der Waals surface area contributed by atoms with E-state index in [4.69, 9.17) is 5.14 Å². The van der Waals surface area contributed by atoms with E-state index in [1.807, 2.05) is 13.0 Å². The summed E-state index contributed by atoms with van der Waals surface area (Å²) < 4.78 is 22.4. The standard InChI is InChI=1S/C17H19N3O4S/c1-11-4-3-5-13(10-11)17(22)19-12(2)16(21)20-14-6-8-15(9-7-14)25(18,23)24/h3-10,12H,1-2H3,(H,19,22)(H,20,21)(H2,18,23,24)/t12-/m0/s1. The van der Waals surface area contributed by atoms with Crippen molar-refractivity contribution in [1.29, 1.82) is 0 Å². The van der Waals surface area contributed by atoms with Crippen LogP contribution in [0.3, 0.4) is 0 Å². The van der Waals surface area contributed by atoms with E-state index < -0.39 is 22.0 Å². The average molecular weight is 361 g/mol. The molecule has 0 saturated carbocycles. The fraction of sp³-hybridized carbons (Fsp3) is 0.176. The van der Waals surface area contributed by atoms with Crippen molar-refractivity contribution < 1.29 is 18.0 Å². The molecule has 0 saturated heterocycles. The van der Waals surface area contributed by atoms with Crippen molar-refractivity contribution in [2.24, 2.45) is 5.14 Å². The molecule has 0 spiro atoms. The van der Waals surface area contributed by atoms with E-state index in [0.29, 0.717) is 11.3 Å². The molecule has 25 heavy (non-hydrogen) atoms. The molecule has 0 aliphatic rings. The Balaban J connectivity index is 1.99. The van der Waals surface area contributed by atoms with Crippen LogP contribution in [-0.2, 0) is 14.8 Å². The summed E-state index contributed by atoms with van der Waals surface area (Å²) in [5, 5.41) is 10.2. The summed E-state index contributed by atoms with van der Waals surface area (Å²) in [5.41, 5.74) is 1.81. The number of primary sulfonamides is 1. The molecule has 2 aromatic carbocycles. The zero-order chi connectivity index (χ0) is 18.6.